The van der Waals surface area contributed by atoms with Gasteiger partial charge in [-0.3, -0.25) is 9.80 Å². The lowest BCUT2D eigenvalue weighted by molar-refractivity contribution is 0.220. The summed E-state index contributed by atoms with van der Waals surface area (Å²) in [6, 6.07) is 1.04. The Morgan fingerprint density at radius 3 is 2.60 bits per heavy atom. The maximum absolute atomic E-state index is 4.87. The second-order valence-electron chi connectivity index (χ2n) is 8.84. The number of aromatic nitrogens is 3. The summed E-state index contributed by atoms with van der Waals surface area (Å²) < 4.78 is 2.01. The zero-order valence-electron chi connectivity index (χ0n) is 19.3. The number of hydrogen-bond donors (Lipinski definition) is 2. The molecule has 0 saturated carbocycles. The number of hydrogen-bond acceptors (Lipinski definition) is 5. The summed E-state index contributed by atoms with van der Waals surface area (Å²) in [7, 11) is 2.00. The molecule has 1 unspecified atom stereocenters. The quantitative estimate of drug-likeness (QED) is 0.382. The molecule has 0 bridgehead atoms. The van der Waals surface area contributed by atoms with Crippen molar-refractivity contribution in [3.8, 4) is 0 Å². The molecule has 2 saturated heterocycles. The van der Waals surface area contributed by atoms with Crippen LogP contribution in [0.4, 0.5) is 0 Å². The summed E-state index contributed by atoms with van der Waals surface area (Å²) in [5, 5.41) is 15.7. The number of nitrogens with zero attached hydrogens (tertiary/aromatic N) is 6. The normalized spacial score (nSPS) is 21.9. The number of likely N-dealkylation sites (tertiary alicyclic amines) is 2. The van der Waals surface area contributed by atoms with Crippen molar-refractivity contribution in [3.63, 3.8) is 0 Å². The average Bonchev–Trinajstić information content (AvgIpc) is 3.31. The van der Waals surface area contributed by atoms with E-state index >= 15 is 0 Å². The van der Waals surface area contributed by atoms with Crippen LogP contribution in [0.15, 0.2) is 17.1 Å². The molecule has 0 amide bonds. The summed E-state index contributed by atoms with van der Waals surface area (Å²) in [4.78, 5) is 9.92. The largest absolute Gasteiger partial charge is 0.355 e. The fourth-order valence-corrected chi connectivity index (χ4v) is 4.46. The third-order valence-electron chi connectivity index (χ3n) is 6.39. The molecule has 1 aromatic heterocycles. The van der Waals surface area contributed by atoms with Crippen molar-refractivity contribution in [1.82, 2.24) is 35.2 Å². The third kappa shape index (κ3) is 6.28. The number of likely N-dealkylation sites (N-methyl/N-ethyl adjacent to an activating group) is 1. The molecular formula is C22H40N8. The zero-order chi connectivity index (χ0) is 21.5. The SMILES string of the molecule is C=C(C)CN1CCC(NC(=NCc2nnc(C)n2C)NCC2CCCN2CC)CC1. The van der Waals surface area contributed by atoms with Crippen LogP contribution < -0.4 is 10.6 Å². The molecular weight excluding hydrogens is 376 g/mol. The number of guanidine groups is 1. The van der Waals surface area contributed by atoms with Crippen LogP contribution in [-0.2, 0) is 13.6 Å². The van der Waals surface area contributed by atoms with Gasteiger partial charge in [0.2, 0.25) is 0 Å². The Morgan fingerprint density at radius 2 is 1.97 bits per heavy atom. The maximum Gasteiger partial charge on any atom is 0.191 e. The van der Waals surface area contributed by atoms with Gasteiger partial charge in [-0.2, -0.15) is 0 Å². The lowest BCUT2D eigenvalue weighted by atomic mass is 10.0. The van der Waals surface area contributed by atoms with Crippen molar-refractivity contribution >= 4 is 5.96 Å². The summed E-state index contributed by atoms with van der Waals surface area (Å²) in [6.07, 6.45) is 4.80. The molecule has 1 aromatic rings. The van der Waals surface area contributed by atoms with Gasteiger partial charge >= 0.3 is 0 Å². The molecule has 0 aliphatic carbocycles. The predicted octanol–water partition coefficient (Wildman–Crippen LogP) is 1.68. The van der Waals surface area contributed by atoms with E-state index in [2.05, 4.69) is 51.1 Å². The van der Waals surface area contributed by atoms with E-state index in [0.717, 1.165) is 63.2 Å². The zero-order valence-corrected chi connectivity index (χ0v) is 19.3. The van der Waals surface area contributed by atoms with Gasteiger partial charge in [0.05, 0.1) is 0 Å². The van der Waals surface area contributed by atoms with Gasteiger partial charge in [0, 0.05) is 45.3 Å². The van der Waals surface area contributed by atoms with Gasteiger partial charge in [-0.1, -0.05) is 19.1 Å². The van der Waals surface area contributed by atoms with Gasteiger partial charge in [-0.15, -0.1) is 10.2 Å². The highest BCUT2D eigenvalue weighted by molar-refractivity contribution is 5.80. The van der Waals surface area contributed by atoms with E-state index in [4.69, 9.17) is 4.99 Å². The predicted molar refractivity (Wildman–Crippen MR) is 123 cm³/mol. The van der Waals surface area contributed by atoms with Crippen LogP contribution in [0.5, 0.6) is 0 Å². The van der Waals surface area contributed by atoms with Crippen LogP contribution in [-0.4, -0.2) is 81.9 Å². The molecule has 2 aliphatic heterocycles. The molecule has 2 aliphatic rings. The fraction of sp³-hybridized carbons (Fsp3) is 0.773. The van der Waals surface area contributed by atoms with Crippen molar-refractivity contribution < 1.29 is 0 Å². The van der Waals surface area contributed by atoms with Crippen LogP contribution in [0.25, 0.3) is 0 Å². The molecule has 3 rings (SSSR count). The van der Waals surface area contributed by atoms with Gasteiger partial charge in [0.15, 0.2) is 11.8 Å². The van der Waals surface area contributed by atoms with Crippen LogP contribution in [0.3, 0.4) is 0 Å². The highest BCUT2D eigenvalue weighted by Crippen LogP contribution is 2.16. The Hall–Kier alpha value is -1.93. The van der Waals surface area contributed by atoms with E-state index in [1.54, 1.807) is 0 Å². The van der Waals surface area contributed by atoms with E-state index < -0.39 is 0 Å². The molecule has 2 N–H and O–H groups in total. The first-order valence-corrected chi connectivity index (χ1v) is 11.5. The molecule has 1 atom stereocenters. The topological polar surface area (TPSA) is 73.6 Å². The van der Waals surface area contributed by atoms with Gasteiger partial charge in [0.25, 0.3) is 0 Å². The van der Waals surface area contributed by atoms with Gasteiger partial charge in [-0.05, 0) is 52.6 Å². The van der Waals surface area contributed by atoms with Crippen molar-refractivity contribution in [3.05, 3.63) is 23.8 Å². The summed E-state index contributed by atoms with van der Waals surface area (Å²) in [6.45, 7) is 17.4. The van der Waals surface area contributed by atoms with Crippen LogP contribution in [0.1, 0.15) is 51.2 Å². The van der Waals surface area contributed by atoms with Crippen molar-refractivity contribution in [2.45, 2.75) is 65.1 Å². The molecule has 168 valence electrons. The summed E-state index contributed by atoms with van der Waals surface area (Å²) >= 11 is 0. The van der Waals surface area contributed by atoms with Crippen molar-refractivity contribution in [2.75, 3.05) is 39.3 Å². The molecule has 8 heteroatoms. The minimum Gasteiger partial charge on any atom is -0.355 e. The van der Waals surface area contributed by atoms with Crippen molar-refractivity contribution in [1.29, 1.82) is 0 Å². The average molecular weight is 417 g/mol. The van der Waals surface area contributed by atoms with E-state index in [-0.39, 0.29) is 0 Å². The number of nitrogens with one attached hydrogen (secondary N) is 2. The third-order valence-corrected chi connectivity index (χ3v) is 6.39. The second-order valence-corrected chi connectivity index (χ2v) is 8.84. The number of rotatable bonds is 8. The van der Waals surface area contributed by atoms with Gasteiger partial charge in [-0.25, -0.2) is 4.99 Å². The highest BCUT2D eigenvalue weighted by Gasteiger charge is 2.24. The van der Waals surface area contributed by atoms with E-state index in [1.807, 2.05) is 18.5 Å². The highest BCUT2D eigenvalue weighted by atomic mass is 15.3. The van der Waals surface area contributed by atoms with E-state index in [9.17, 15) is 0 Å². The molecule has 30 heavy (non-hydrogen) atoms. The standard InChI is InChI=1S/C22H40N8/c1-6-30-11-7-8-20(30)14-23-22(24-15-21-27-26-18(4)28(21)5)25-19-9-12-29(13-10-19)16-17(2)3/h19-20H,2,6-16H2,1,3-5H3,(H2,23,24,25). The Morgan fingerprint density at radius 1 is 1.20 bits per heavy atom. The molecule has 3 heterocycles. The Labute approximate surface area is 181 Å². The smallest absolute Gasteiger partial charge is 0.191 e. The van der Waals surface area contributed by atoms with Gasteiger partial charge < -0.3 is 15.2 Å². The fourth-order valence-electron chi connectivity index (χ4n) is 4.46. The minimum atomic E-state index is 0.449. The Bertz CT molecular complexity index is 717. The first-order valence-electron chi connectivity index (χ1n) is 11.5. The van der Waals surface area contributed by atoms with Crippen LogP contribution in [0, 0.1) is 6.92 Å². The molecule has 0 aromatic carbocycles. The summed E-state index contributed by atoms with van der Waals surface area (Å²) in [5.74, 6) is 2.70. The number of aryl methyl sites for hydroxylation is 1. The van der Waals surface area contributed by atoms with Crippen LogP contribution in [0.2, 0.25) is 0 Å². The molecule has 0 spiro atoms. The minimum absolute atomic E-state index is 0.449. The van der Waals surface area contributed by atoms with E-state index in [1.165, 1.54) is 25.0 Å². The van der Waals surface area contributed by atoms with Crippen molar-refractivity contribution in [2.24, 2.45) is 12.0 Å². The Kier molecular flexibility index (Phi) is 8.27. The summed E-state index contributed by atoms with van der Waals surface area (Å²) in [5.41, 5.74) is 1.24. The number of piperidine rings is 1. The maximum atomic E-state index is 4.87. The van der Waals surface area contributed by atoms with Crippen LogP contribution >= 0.6 is 0 Å². The molecule has 2 fully saturated rings. The van der Waals surface area contributed by atoms with E-state index in [0.29, 0.717) is 18.6 Å². The van der Waals surface area contributed by atoms with Gasteiger partial charge in [0.1, 0.15) is 12.4 Å². The number of aliphatic imine (C=N–C) groups is 1. The lowest BCUT2D eigenvalue weighted by Crippen LogP contribution is -2.51. The molecule has 8 nitrogen and oxygen atoms in total. The lowest BCUT2D eigenvalue weighted by Gasteiger charge is -2.33. The monoisotopic (exact) mass is 416 g/mol. The first-order chi connectivity index (χ1) is 14.5. The first kappa shape index (κ1) is 22.7. The second kappa shape index (κ2) is 10.9. The molecule has 0 radical (unpaired) electrons. The Balaban J connectivity index is 1.59.